The summed E-state index contributed by atoms with van der Waals surface area (Å²) in [6.07, 6.45) is 4.01. The SMILES string of the molecule is CC1=C(c2cc[c]([Fe][F])cc2)CN(CC2CC2)CC1. The third kappa shape index (κ3) is 3.28. The maximum absolute atomic E-state index is 12.6. The van der Waals surface area contributed by atoms with E-state index in [0.717, 1.165) is 16.9 Å². The summed E-state index contributed by atoms with van der Waals surface area (Å²) in [5.74, 6) is 0.952. The molecule has 0 saturated heterocycles. The van der Waals surface area contributed by atoms with Crippen LogP contribution in [-0.2, 0) is 15.4 Å². The van der Waals surface area contributed by atoms with Crippen LogP contribution in [0.2, 0.25) is 0 Å². The van der Waals surface area contributed by atoms with Crippen molar-refractivity contribution >= 4 is 10.0 Å². The summed E-state index contributed by atoms with van der Waals surface area (Å²) in [6.45, 7) is 5.78. The number of benzene rings is 1. The van der Waals surface area contributed by atoms with Crippen molar-refractivity contribution in [2.75, 3.05) is 19.6 Å². The average Bonchev–Trinajstić information content (AvgIpc) is 3.25. The van der Waals surface area contributed by atoms with Gasteiger partial charge in [-0.2, -0.15) is 0 Å². The molecule has 0 spiro atoms. The van der Waals surface area contributed by atoms with Crippen molar-refractivity contribution in [3.63, 3.8) is 0 Å². The molecule has 3 rings (SSSR count). The van der Waals surface area contributed by atoms with Crippen molar-refractivity contribution in [2.45, 2.75) is 26.2 Å². The second-order valence-electron chi connectivity index (χ2n) is 5.75. The molecule has 19 heavy (non-hydrogen) atoms. The van der Waals surface area contributed by atoms with E-state index < -0.39 is 0 Å². The van der Waals surface area contributed by atoms with Gasteiger partial charge in [-0.3, -0.25) is 0 Å². The van der Waals surface area contributed by atoms with Crippen LogP contribution in [0.3, 0.4) is 0 Å². The molecule has 104 valence electrons. The Kier molecular flexibility index (Phi) is 4.07. The van der Waals surface area contributed by atoms with Crippen molar-refractivity contribution in [3.8, 4) is 0 Å². The van der Waals surface area contributed by atoms with Gasteiger partial charge in [0.2, 0.25) is 0 Å². The molecule has 3 heteroatoms. The van der Waals surface area contributed by atoms with Crippen LogP contribution >= 0.6 is 0 Å². The van der Waals surface area contributed by atoms with Crippen molar-refractivity contribution in [1.82, 2.24) is 4.90 Å². The fourth-order valence-electron chi connectivity index (χ4n) is 2.76. The third-order valence-corrected chi connectivity index (χ3v) is 4.78. The van der Waals surface area contributed by atoms with Crippen LogP contribution in [0.15, 0.2) is 29.8 Å². The predicted octanol–water partition coefficient (Wildman–Crippen LogP) is 3.17. The molecule has 0 bridgehead atoms. The van der Waals surface area contributed by atoms with Crippen LogP contribution < -0.4 is 4.46 Å². The predicted molar refractivity (Wildman–Crippen MR) is 73.6 cm³/mol. The Balaban J connectivity index is 1.75. The monoisotopic (exact) mass is 301 g/mol. The van der Waals surface area contributed by atoms with Gasteiger partial charge < -0.3 is 0 Å². The van der Waals surface area contributed by atoms with Crippen molar-refractivity contribution in [2.24, 2.45) is 5.92 Å². The van der Waals surface area contributed by atoms with Crippen LogP contribution in [0.4, 0.5) is 3.55 Å². The topological polar surface area (TPSA) is 3.24 Å². The van der Waals surface area contributed by atoms with Crippen molar-refractivity contribution < 1.29 is 19.0 Å². The molecule has 1 saturated carbocycles. The van der Waals surface area contributed by atoms with E-state index in [9.17, 15) is 3.55 Å². The standard InChI is InChI=1S/C16H20N.FH.Fe/c1-13-9-10-17(11-14-7-8-14)12-16(13)15-5-3-2-4-6-15;;/h3-6,14H,7-12H2,1H3;1H;/q;;+1/p-1. The molecule has 1 aliphatic heterocycles. The van der Waals surface area contributed by atoms with E-state index in [1.165, 1.54) is 49.1 Å². The molecule has 0 amide bonds. The zero-order valence-electron chi connectivity index (χ0n) is 11.3. The third-order valence-electron chi connectivity index (χ3n) is 4.17. The first-order valence-corrected chi connectivity index (χ1v) is 7.98. The second-order valence-corrected chi connectivity index (χ2v) is 6.59. The molecule has 2 aliphatic rings. The van der Waals surface area contributed by atoms with Gasteiger partial charge in [0.25, 0.3) is 0 Å². The molecule has 1 aromatic carbocycles. The molecule has 0 atom stereocenters. The van der Waals surface area contributed by atoms with Gasteiger partial charge in [0.05, 0.1) is 0 Å². The molecule has 0 aromatic heterocycles. The molecular weight excluding hydrogens is 281 g/mol. The Bertz CT molecular complexity index is 476. The molecule has 0 radical (unpaired) electrons. The summed E-state index contributed by atoms with van der Waals surface area (Å²) in [5.41, 5.74) is 4.23. The van der Waals surface area contributed by atoms with E-state index in [2.05, 4.69) is 24.0 Å². The summed E-state index contributed by atoms with van der Waals surface area (Å²) in [7, 11) is 0. The minimum atomic E-state index is -0.369. The minimum absolute atomic E-state index is 0.369. The average molecular weight is 301 g/mol. The van der Waals surface area contributed by atoms with E-state index in [1.54, 1.807) is 0 Å². The fourth-order valence-corrected chi connectivity index (χ4v) is 3.09. The van der Waals surface area contributed by atoms with E-state index in [4.69, 9.17) is 0 Å². The number of halogens is 1. The van der Waals surface area contributed by atoms with E-state index in [1.807, 2.05) is 12.1 Å². The maximum atomic E-state index is 12.6. The zero-order chi connectivity index (χ0) is 13.2. The van der Waals surface area contributed by atoms with Gasteiger partial charge in [0, 0.05) is 0 Å². The molecule has 1 nitrogen and oxygen atoms in total. The van der Waals surface area contributed by atoms with Gasteiger partial charge in [-0.15, -0.1) is 0 Å². The van der Waals surface area contributed by atoms with E-state index in [0.29, 0.717) is 0 Å². The zero-order valence-corrected chi connectivity index (χ0v) is 12.4. The normalized spacial score (nSPS) is 21.2. The van der Waals surface area contributed by atoms with Gasteiger partial charge in [-0.25, -0.2) is 0 Å². The summed E-state index contributed by atoms with van der Waals surface area (Å²) in [6, 6.07) is 7.98. The van der Waals surface area contributed by atoms with Gasteiger partial charge in [-0.1, -0.05) is 0 Å². The Labute approximate surface area is 121 Å². The van der Waals surface area contributed by atoms with Gasteiger partial charge in [-0.05, 0) is 0 Å². The summed E-state index contributed by atoms with van der Waals surface area (Å²) in [5, 5.41) is 0. The van der Waals surface area contributed by atoms with Crippen LogP contribution in [0.25, 0.3) is 5.57 Å². The van der Waals surface area contributed by atoms with Crippen molar-refractivity contribution in [1.29, 1.82) is 0 Å². The summed E-state index contributed by atoms with van der Waals surface area (Å²) < 4.78 is 13.3. The first-order valence-electron chi connectivity index (χ1n) is 7.01. The Morgan fingerprint density at radius 1 is 1.26 bits per heavy atom. The summed E-state index contributed by atoms with van der Waals surface area (Å²) in [4.78, 5) is 2.59. The first kappa shape index (κ1) is 13.4. The van der Waals surface area contributed by atoms with Crippen molar-refractivity contribution in [3.05, 3.63) is 35.4 Å². The number of hydrogen-bond donors (Lipinski definition) is 0. The number of nitrogens with zero attached hydrogens (tertiary/aromatic N) is 1. The van der Waals surface area contributed by atoms with Crippen LogP contribution in [0, 0.1) is 5.92 Å². The molecule has 0 unspecified atom stereocenters. The summed E-state index contributed by atoms with van der Waals surface area (Å²) >= 11 is -0.369. The van der Waals surface area contributed by atoms with Crippen LogP contribution in [-0.4, -0.2) is 24.5 Å². The van der Waals surface area contributed by atoms with E-state index in [-0.39, 0.29) is 15.4 Å². The van der Waals surface area contributed by atoms with Crippen LogP contribution in [0.5, 0.6) is 0 Å². The molecule has 0 N–H and O–H groups in total. The fraction of sp³-hybridized carbons (Fsp3) is 0.500. The molecule has 1 aromatic rings. The quantitative estimate of drug-likeness (QED) is 0.772. The molecular formula is C16H20FFeN. The van der Waals surface area contributed by atoms with Crippen LogP contribution in [0.1, 0.15) is 31.7 Å². The Hall–Kier alpha value is -0.631. The number of rotatable bonds is 4. The molecule has 1 aliphatic carbocycles. The number of hydrogen-bond acceptors (Lipinski definition) is 1. The Morgan fingerprint density at radius 3 is 2.63 bits per heavy atom. The first-order chi connectivity index (χ1) is 9.26. The van der Waals surface area contributed by atoms with Gasteiger partial charge >= 0.3 is 121 Å². The Morgan fingerprint density at radius 2 is 2.00 bits per heavy atom. The second kappa shape index (κ2) is 5.78. The van der Waals surface area contributed by atoms with Gasteiger partial charge in [0.1, 0.15) is 0 Å². The van der Waals surface area contributed by atoms with E-state index >= 15 is 0 Å². The molecule has 1 fully saturated rings. The van der Waals surface area contributed by atoms with Gasteiger partial charge in [0.15, 0.2) is 0 Å². The molecule has 1 heterocycles.